The van der Waals surface area contributed by atoms with Crippen LogP contribution in [0.4, 0.5) is 11.4 Å². The predicted molar refractivity (Wildman–Crippen MR) is 97.3 cm³/mol. The number of anilines is 2. The Bertz CT molecular complexity index is 671. The fourth-order valence-electron chi connectivity index (χ4n) is 1.92. The van der Waals surface area contributed by atoms with Crippen LogP contribution in [-0.4, -0.2) is 43.0 Å². The van der Waals surface area contributed by atoms with Crippen LogP contribution in [0.3, 0.4) is 0 Å². The molecule has 0 saturated heterocycles. The molecular weight excluding hydrogens is 356 g/mol. The van der Waals surface area contributed by atoms with Crippen LogP contribution < -0.4 is 10.6 Å². The lowest BCUT2D eigenvalue weighted by atomic mass is 10.2. The molecule has 0 aliphatic heterocycles. The zero-order valence-electron chi connectivity index (χ0n) is 13.6. The Labute approximate surface area is 145 Å². The van der Waals surface area contributed by atoms with E-state index < -0.39 is 0 Å². The Balaban J connectivity index is 1.96. The molecule has 122 valence electrons. The average molecular weight is 377 g/mol. The van der Waals surface area contributed by atoms with E-state index in [1.165, 1.54) is 5.56 Å². The topological polar surface area (TPSA) is 57.3 Å². The predicted octanol–water partition coefficient (Wildman–Crippen LogP) is 3.19. The molecule has 1 amide bonds. The van der Waals surface area contributed by atoms with Gasteiger partial charge in [-0.3, -0.25) is 4.79 Å². The SMILES string of the molecule is Cc1ccc(Nc2ccc(C(=O)NCCN(C)C)nc2)cc1Br. The minimum absolute atomic E-state index is 0.156. The molecule has 0 atom stereocenters. The second-order valence-electron chi connectivity index (χ2n) is 5.58. The molecule has 1 aromatic carbocycles. The smallest absolute Gasteiger partial charge is 0.269 e. The monoisotopic (exact) mass is 376 g/mol. The number of aryl methyl sites for hydroxylation is 1. The Hall–Kier alpha value is -1.92. The summed E-state index contributed by atoms with van der Waals surface area (Å²) in [7, 11) is 3.93. The summed E-state index contributed by atoms with van der Waals surface area (Å²) in [4.78, 5) is 18.2. The number of amides is 1. The minimum Gasteiger partial charge on any atom is -0.354 e. The van der Waals surface area contributed by atoms with Crippen molar-refractivity contribution in [3.8, 4) is 0 Å². The number of pyridine rings is 1. The van der Waals surface area contributed by atoms with Gasteiger partial charge in [0.25, 0.3) is 5.91 Å². The summed E-state index contributed by atoms with van der Waals surface area (Å²) in [6, 6.07) is 9.61. The fourth-order valence-corrected chi connectivity index (χ4v) is 2.30. The van der Waals surface area contributed by atoms with Crippen LogP contribution in [0.2, 0.25) is 0 Å². The van der Waals surface area contributed by atoms with E-state index in [2.05, 4.69) is 31.5 Å². The summed E-state index contributed by atoms with van der Waals surface area (Å²) >= 11 is 3.51. The highest BCUT2D eigenvalue weighted by atomic mass is 79.9. The van der Waals surface area contributed by atoms with Crippen LogP contribution in [0, 0.1) is 6.92 Å². The highest BCUT2D eigenvalue weighted by Crippen LogP contribution is 2.23. The molecule has 2 N–H and O–H groups in total. The van der Waals surface area contributed by atoms with Crippen LogP contribution in [0.25, 0.3) is 0 Å². The molecule has 23 heavy (non-hydrogen) atoms. The van der Waals surface area contributed by atoms with E-state index in [1.807, 2.05) is 50.2 Å². The molecule has 0 bridgehead atoms. The van der Waals surface area contributed by atoms with Crippen molar-refractivity contribution in [3.05, 3.63) is 52.3 Å². The third-order valence-corrected chi connectivity index (χ3v) is 4.16. The van der Waals surface area contributed by atoms with Gasteiger partial charge in [0.1, 0.15) is 5.69 Å². The lowest BCUT2D eigenvalue weighted by molar-refractivity contribution is 0.0946. The lowest BCUT2D eigenvalue weighted by Gasteiger charge is -2.11. The van der Waals surface area contributed by atoms with Crippen molar-refractivity contribution < 1.29 is 4.79 Å². The summed E-state index contributed by atoms with van der Waals surface area (Å²) in [5.41, 5.74) is 3.40. The van der Waals surface area contributed by atoms with Crippen molar-refractivity contribution in [2.45, 2.75) is 6.92 Å². The van der Waals surface area contributed by atoms with Crippen LogP contribution in [0.5, 0.6) is 0 Å². The number of carbonyl (C=O) groups is 1. The van der Waals surface area contributed by atoms with Crippen LogP contribution in [0.1, 0.15) is 16.1 Å². The molecular formula is C17H21BrN4O. The quantitative estimate of drug-likeness (QED) is 0.812. The number of nitrogens with zero attached hydrogens (tertiary/aromatic N) is 2. The van der Waals surface area contributed by atoms with Crippen molar-refractivity contribution in [1.82, 2.24) is 15.2 Å². The first kappa shape index (κ1) is 17.4. The number of carbonyl (C=O) groups excluding carboxylic acids is 1. The number of aromatic nitrogens is 1. The Morgan fingerprint density at radius 3 is 2.57 bits per heavy atom. The lowest BCUT2D eigenvalue weighted by Crippen LogP contribution is -2.31. The number of hydrogen-bond acceptors (Lipinski definition) is 4. The number of benzene rings is 1. The molecule has 0 aliphatic rings. The van der Waals surface area contributed by atoms with Gasteiger partial charge in [-0.1, -0.05) is 22.0 Å². The van der Waals surface area contributed by atoms with Crippen molar-refractivity contribution in [2.75, 3.05) is 32.5 Å². The average Bonchev–Trinajstić information content (AvgIpc) is 2.51. The van der Waals surface area contributed by atoms with Gasteiger partial charge < -0.3 is 15.5 Å². The summed E-state index contributed by atoms with van der Waals surface area (Å²) in [6.45, 7) is 3.44. The van der Waals surface area contributed by atoms with E-state index >= 15 is 0 Å². The molecule has 5 nitrogen and oxygen atoms in total. The summed E-state index contributed by atoms with van der Waals surface area (Å²) in [5, 5.41) is 6.11. The molecule has 2 aromatic rings. The van der Waals surface area contributed by atoms with Crippen LogP contribution >= 0.6 is 15.9 Å². The molecule has 0 aliphatic carbocycles. The number of hydrogen-bond donors (Lipinski definition) is 2. The van der Waals surface area contributed by atoms with E-state index in [0.29, 0.717) is 12.2 Å². The van der Waals surface area contributed by atoms with Crippen molar-refractivity contribution >= 4 is 33.2 Å². The van der Waals surface area contributed by atoms with Crippen molar-refractivity contribution in [1.29, 1.82) is 0 Å². The zero-order valence-corrected chi connectivity index (χ0v) is 15.1. The Kier molecular flexibility index (Phi) is 6.12. The van der Waals surface area contributed by atoms with Gasteiger partial charge in [0.15, 0.2) is 0 Å². The molecule has 0 radical (unpaired) electrons. The maximum absolute atomic E-state index is 12.0. The van der Waals surface area contributed by atoms with Crippen LogP contribution in [0.15, 0.2) is 41.0 Å². The van der Waals surface area contributed by atoms with E-state index in [-0.39, 0.29) is 5.91 Å². The third kappa shape index (κ3) is 5.33. The van der Waals surface area contributed by atoms with E-state index in [0.717, 1.165) is 22.4 Å². The van der Waals surface area contributed by atoms with E-state index in [9.17, 15) is 4.79 Å². The van der Waals surface area contributed by atoms with Crippen molar-refractivity contribution in [2.24, 2.45) is 0 Å². The zero-order chi connectivity index (χ0) is 16.8. The van der Waals surface area contributed by atoms with Gasteiger partial charge >= 0.3 is 0 Å². The Morgan fingerprint density at radius 2 is 1.96 bits per heavy atom. The van der Waals surface area contributed by atoms with E-state index in [4.69, 9.17) is 0 Å². The number of likely N-dealkylation sites (N-methyl/N-ethyl adjacent to an activating group) is 1. The normalized spacial score (nSPS) is 10.7. The number of nitrogens with one attached hydrogen (secondary N) is 2. The van der Waals surface area contributed by atoms with Gasteiger partial charge in [-0.2, -0.15) is 0 Å². The molecule has 2 rings (SSSR count). The molecule has 1 aromatic heterocycles. The van der Waals surface area contributed by atoms with Crippen LogP contribution in [-0.2, 0) is 0 Å². The summed E-state index contributed by atoms with van der Waals surface area (Å²) in [6.07, 6.45) is 1.66. The first-order valence-corrected chi connectivity index (χ1v) is 8.17. The fraction of sp³-hybridized carbons (Fsp3) is 0.294. The molecule has 0 fully saturated rings. The number of rotatable bonds is 6. The summed E-state index contributed by atoms with van der Waals surface area (Å²) in [5.74, 6) is -0.156. The second kappa shape index (κ2) is 8.08. The highest BCUT2D eigenvalue weighted by Gasteiger charge is 2.07. The maximum Gasteiger partial charge on any atom is 0.269 e. The second-order valence-corrected chi connectivity index (χ2v) is 6.43. The molecule has 1 heterocycles. The molecule has 6 heteroatoms. The molecule has 0 spiro atoms. The van der Waals surface area contributed by atoms with Crippen molar-refractivity contribution in [3.63, 3.8) is 0 Å². The van der Waals surface area contributed by atoms with Gasteiger partial charge in [0.05, 0.1) is 11.9 Å². The maximum atomic E-state index is 12.0. The van der Waals surface area contributed by atoms with Gasteiger partial charge in [-0.05, 0) is 50.8 Å². The molecule has 0 unspecified atom stereocenters. The van der Waals surface area contributed by atoms with E-state index in [1.54, 1.807) is 12.3 Å². The van der Waals surface area contributed by atoms with Gasteiger partial charge in [0, 0.05) is 23.2 Å². The van der Waals surface area contributed by atoms with Gasteiger partial charge in [-0.15, -0.1) is 0 Å². The largest absolute Gasteiger partial charge is 0.354 e. The number of halogens is 1. The van der Waals surface area contributed by atoms with Gasteiger partial charge in [0.2, 0.25) is 0 Å². The first-order valence-electron chi connectivity index (χ1n) is 7.38. The Morgan fingerprint density at radius 1 is 1.22 bits per heavy atom. The molecule has 0 saturated carbocycles. The minimum atomic E-state index is -0.156. The third-order valence-electron chi connectivity index (χ3n) is 3.30. The highest BCUT2D eigenvalue weighted by molar-refractivity contribution is 9.10. The first-order chi connectivity index (χ1) is 11.0. The standard InChI is InChI=1S/C17H21BrN4O/c1-12-4-5-13(10-15(12)18)21-14-6-7-16(20-11-14)17(23)19-8-9-22(2)3/h4-7,10-11,21H,8-9H2,1-3H3,(H,19,23). The van der Waals surface area contributed by atoms with Gasteiger partial charge in [-0.25, -0.2) is 4.98 Å². The summed E-state index contributed by atoms with van der Waals surface area (Å²) < 4.78 is 1.05.